The predicted molar refractivity (Wildman–Crippen MR) is 125 cm³/mol. The highest BCUT2D eigenvalue weighted by atomic mass is 16.5. The number of methoxy groups -OCH3 is 1. The summed E-state index contributed by atoms with van der Waals surface area (Å²) in [7, 11) is 1.63. The van der Waals surface area contributed by atoms with Gasteiger partial charge in [0.2, 0.25) is 0 Å². The summed E-state index contributed by atoms with van der Waals surface area (Å²) in [6, 6.07) is 5.60. The molecule has 156 valence electrons. The molecule has 0 aliphatic rings. The van der Waals surface area contributed by atoms with Gasteiger partial charge in [0.25, 0.3) is 0 Å². The molecule has 1 heterocycles. The van der Waals surface area contributed by atoms with Crippen LogP contribution in [0.15, 0.2) is 57.9 Å². The molecule has 0 aliphatic carbocycles. The van der Waals surface area contributed by atoms with E-state index in [2.05, 4.69) is 50.9 Å². The summed E-state index contributed by atoms with van der Waals surface area (Å²) in [6.45, 7) is 10.6. The van der Waals surface area contributed by atoms with Crippen LogP contribution in [-0.2, 0) is 6.42 Å². The zero-order valence-corrected chi connectivity index (χ0v) is 18.8. The second-order valence-corrected chi connectivity index (χ2v) is 8.10. The molecule has 0 amide bonds. The molecule has 0 spiro atoms. The number of H-pyrrole nitrogens is 1. The minimum atomic E-state index is 0.0919. The smallest absolute Gasteiger partial charge is 0.193 e. The number of rotatable bonds is 9. The largest absolute Gasteiger partial charge is 0.495 e. The third-order valence-corrected chi connectivity index (χ3v) is 5.31. The molecule has 2 aromatic rings. The summed E-state index contributed by atoms with van der Waals surface area (Å²) in [5, 5.41) is 0.686. The van der Waals surface area contributed by atoms with Crippen LogP contribution < -0.4 is 10.2 Å². The molecule has 1 aromatic heterocycles. The zero-order valence-electron chi connectivity index (χ0n) is 18.8. The first-order valence-corrected chi connectivity index (χ1v) is 10.5. The van der Waals surface area contributed by atoms with Gasteiger partial charge in [-0.3, -0.25) is 4.79 Å². The lowest BCUT2D eigenvalue weighted by Crippen LogP contribution is -2.13. The molecule has 0 fully saturated rings. The first kappa shape index (κ1) is 22.7. The minimum absolute atomic E-state index is 0.0919. The van der Waals surface area contributed by atoms with Crippen molar-refractivity contribution in [3.05, 3.63) is 74.6 Å². The second-order valence-electron chi connectivity index (χ2n) is 8.10. The molecule has 0 aliphatic heterocycles. The maximum atomic E-state index is 13.0. The van der Waals surface area contributed by atoms with Gasteiger partial charge in [0.05, 0.1) is 12.6 Å². The monoisotopic (exact) mass is 393 g/mol. The average molecular weight is 394 g/mol. The number of allylic oxidation sites excluding steroid dienone is 6. The van der Waals surface area contributed by atoms with E-state index in [-0.39, 0.29) is 5.43 Å². The molecule has 0 atom stereocenters. The van der Waals surface area contributed by atoms with Crippen LogP contribution in [0.4, 0.5) is 0 Å². The van der Waals surface area contributed by atoms with Gasteiger partial charge in [-0.1, -0.05) is 41.0 Å². The standard InChI is InChI=1S/C26H35NO2/c1-18(2)10-7-11-19(3)12-8-13-20(4)16-17-22-21(5)27-25-23(26(22)28)14-9-15-24(25)29-6/h9-10,12,14-16H,7-8,11,13,17H2,1-6H3,(H,27,28)/b19-12+,20-16+. The van der Waals surface area contributed by atoms with Gasteiger partial charge in [-0.25, -0.2) is 0 Å². The van der Waals surface area contributed by atoms with Crippen molar-refractivity contribution in [3.63, 3.8) is 0 Å². The van der Waals surface area contributed by atoms with E-state index >= 15 is 0 Å². The first-order chi connectivity index (χ1) is 13.8. The SMILES string of the molecule is COc1cccc2c(=O)c(C/C=C(\C)CC/C=C(\C)CCC=C(C)C)c(C)[nH]c12. The molecule has 1 N–H and O–H groups in total. The Kier molecular flexibility index (Phi) is 8.50. The highest BCUT2D eigenvalue weighted by Crippen LogP contribution is 2.22. The van der Waals surface area contributed by atoms with Crippen molar-refractivity contribution >= 4 is 10.9 Å². The van der Waals surface area contributed by atoms with Crippen molar-refractivity contribution in [2.24, 2.45) is 0 Å². The third kappa shape index (κ3) is 6.49. The lowest BCUT2D eigenvalue weighted by atomic mass is 10.0. The Bertz CT molecular complexity index is 986. The number of hydrogen-bond donors (Lipinski definition) is 1. The van der Waals surface area contributed by atoms with Gasteiger partial charge in [0.1, 0.15) is 5.75 Å². The summed E-state index contributed by atoms with van der Waals surface area (Å²) in [5.74, 6) is 0.702. The highest BCUT2D eigenvalue weighted by Gasteiger charge is 2.11. The fourth-order valence-corrected chi connectivity index (χ4v) is 3.48. The van der Waals surface area contributed by atoms with Crippen LogP contribution >= 0.6 is 0 Å². The van der Waals surface area contributed by atoms with Gasteiger partial charge in [0, 0.05) is 16.6 Å². The summed E-state index contributed by atoms with van der Waals surface area (Å²) in [6.07, 6.45) is 11.8. The molecule has 29 heavy (non-hydrogen) atoms. The van der Waals surface area contributed by atoms with Crippen molar-refractivity contribution in [2.75, 3.05) is 7.11 Å². The Morgan fingerprint density at radius 3 is 2.31 bits per heavy atom. The maximum absolute atomic E-state index is 13.0. The van der Waals surface area contributed by atoms with Crippen LogP contribution in [0.25, 0.3) is 10.9 Å². The number of ether oxygens (including phenoxy) is 1. The zero-order chi connectivity index (χ0) is 21.4. The van der Waals surface area contributed by atoms with Gasteiger partial charge in [-0.05, 0) is 78.9 Å². The topological polar surface area (TPSA) is 42.1 Å². The van der Waals surface area contributed by atoms with E-state index in [9.17, 15) is 4.79 Å². The van der Waals surface area contributed by atoms with Crippen molar-refractivity contribution in [3.8, 4) is 5.75 Å². The van der Waals surface area contributed by atoms with Crippen molar-refractivity contribution < 1.29 is 4.74 Å². The van der Waals surface area contributed by atoms with E-state index in [0.29, 0.717) is 17.6 Å². The number of para-hydroxylation sites is 1. The molecule has 0 saturated carbocycles. The van der Waals surface area contributed by atoms with E-state index < -0.39 is 0 Å². The van der Waals surface area contributed by atoms with Crippen molar-refractivity contribution in [1.82, 2.24) is 4.98 Å². The van der Waals surface area contributed by atoms with Crippen molar-refractivity contribution in [1.29, 1.82) is 0 Å². The third-order valence-electron chi connectivity index (χ3n) is 5.31. The average Bonchev–Trinajstić information content (AvgIpc) is 2.67. The Labute approximate surface area is 175 Å². The van der Waals surface area contributed by atoms with Gasteiger partial charge >= 0.3 is 0 Å². The van der Waals surface area contributed by atoms with E-state index in [1.54, 1.807) is 7.11 Å². The Balaban J connectivity index is 2.04. The fourth-order valence-electron chi connectivity index (χ4n) is 3.48. The molecular weight excluding hydrogens is 358 g/mol. The molecule has 3 heteroatoms. The summed E-state index contributed by atoms with van der Waals surface area (Å²) < 4.78 is 5.38. The Morgan fingerprint density at radius 2 is 1.66 bits per heavy atom. The fraction of sp³-hybridized carbons (Fsp3) is 0.423. The Morgan fingerprint density at radius 1 is 1.00 bits per heavy atom. The maximum Gasteiger partial charge on any atom is 0.193 e. The van der Waals surface area contributed by atoms with Crippen LogP contribution in [0, 0.1) is 6.92 Å². The number of fused-ring (bicyclic) bond motifs is 1. The Hall–Kier alpha value is -2.55. The number of benzene rings is 1. The van der Waals surface area contributed by atoms with Gasteiger partial charge in [0.15, 0.2) is 5.43 Å². The van der Waals surface area contributed by atoms with Crippen LogP contribution in [0.3, 0.4) is 0 Å². The lowest BCUT2D eigenvalue weighted by Gasteiger charge is -2.10. The van der Waals surface area contributed by atoms with Crippen LogP contribution in [0.5, 0.6) is 5.75 Å². The predicted octanol–water partition coefficient (Wildman–Crippen LogP) is 6.81. The summed E-state index contributed by atoms with van der Waals surface area (Å²) in [4.78, 5) is 16.3. The van der Waals surface area contributed by atoms with Crippen LogP contribution in [0.2, 0.25) is 0 Å². The molecule has 0 saturated heterocycles. The van der Waals surface area contributed by atoms with Gasteiger partial charge in [-0.15, -0.1) is 0 Å². The number of aromatic amines is 1. The molecular formula is C26H35NO2. The second kappa shape index (κ2) is 10.8. The number of aryl methyl sites for hydroxylation is 1. The minimum Gasteiger partial charge on any atom is -0.495 e. The number of hydrogen-bond acceptors (Lipinski definition) is 2. The molecule has 0 radical (unpaired) electrons. The molecule has 2 rings (SSSR count). The molecule has 0 unspecified atom stereocenters. The van der Waals surface area contributed by atoms with E-state index in [1.807, 2.05) is 25.1 Å². The van der Waals surface area contributed by atoms with Gasteiger partial charge in [-0.2, -0.15) is 0 Å². The molecule has 0 bridgehead atoms. The van der Waals surface area contributed by atoms with Crippen molar-refractivity contribution in [2.45, 2.75) is 66.7 Å². The lowest BCUT2D eigenvalue weighted by molar-refractivity contribution is 0.419. The first-order valence-electron chi connectivity index (χ1n) is 10.5. The quantitative estimate of drug-likeness (QED) is 0.476. The number of pyridine rings is 1. The molecule has 1 aromatic carbocycles. The van der Waals surface area contributed by atoms with E-state index in [0.717, 1.165) is 42.5 Å². The van der Waals surface area contributed by atoms with Gasteiger partial charge < -0.3 is 9.72 Å². The summed E-state index contributed by atoms with van der Waals surface area (Å²) in [5.41, 5.74) is 6.76. The highest BCUT2D eigenvalue weighted by molar-refractivity contribution is 5.85. The summed E-state index contributed by atoms with van der Waals surface area (Å²) >= 11 is 0. The van der Waals surface area contributed by atoms with Crippen LogP contribution in [0.1, 0.15) is 64.6 Å². The van der Waals surface area contributed by atoms with E-state index in [1.165, 1.54) is 16.7 Å². The molecule has 3 nitrogen and oxygen atoms in total. The van der Waals surface area contributed by atoms with Crippen LogP contribution in [-0.4, -0.2) is 12.1 Å². The normalized spacial score (nSPS) is 12.3. The van der Waals surface area contributed by atoms with E-state index in [4.69, 9.17) is 4.74 Å². The number of nitrogens with one attached hydrogen (secondary N) is 1. The number of aromatic nitrogens is 1.